The first kappa shape index (κ1) is 11.2. The molecule has 0 aliphatic carbocycles. The van der Waals surface area contributed by atoms with Crippen LogP contribution in [0.1, 0.15) is 11.1 Å². The highest BCUT2D eigenvalue weighted by atomic mass is 16.1. The summed E-state index contributed by atoms with van der Waals surface area (Å²) in [6.07, 6.45) is 0. The molecule has 17 heavy (non-hydrogen) atoms. The quantitative estimate of drug-likeness (QED) is 0.745. The van der Waals surface area contributed by atoms with E-state index in [1.54, 1.807) is 14.0 Å². The number of nitriles is 1. The third kappa shape index (κ3) is 1.85. The predicted octanol–water partition coefficient (Wildman–Crippen LogP) is 2.23. The third-order valence-electron chi connectivity index (χ3n) is 2.81. The van der Waals surface area contributed by atoms with Gasteiger partial charge in [0.2, 0.25) is 0 Å². The lowest BCUT2D eigenvalue weighted by atomic mass is 10.1. The maximum absolute atomic E-state index is 12.0. The van der Waals surface area contributed by atoms with Crippen LogP contribution in [-0.2, 0) is 7.05 Å². The number of hydrogen-bond acceptors (Lipinski definition) is 2. The summed E-state index contributed by atoms with van der Waals surface area (Å²) >= 11 is 0. The fourth-order valence-electron chi connectivity index (χ4n) is 1.84. The zero-order chi connectivity index (χ0) is 12.4. The molecule has 0 radical (unpaired) electrons. The molecule has 0 spiro atoms. The summed E-state index contributed by atoms with van der Waals surface area (Å²) < 4.78 is 1.51. The van der Waals surface area contributed by atoms with Gasteiger partial charge in [0.15, 0.2) is 0 Å². The Morgan fingerprint density at radius 2 is 1.88 bits per heavy atom. The number of nitrogens with zero attached hydrogens (tertiary/aromatic N) is 2. The third-order valence-corrected chi connectivity index (χ3v) is 2.81. The highest BCUT2D eigenvalue weighted by Crippen LogP contribution is 2.18. The van der Waals surface area contributed by atoms with E-state index in [1.165, 1.54) is 4.57 Å². The van der Waals surface area contributed by atoms with Gasteiger partial charge in [-0.2, -0.15) is 5.26 Å². The van der Waals surface area contributed by atoms with Crippen LogP contribution < -0.4 is 5.56 Å². The minimum atomic E-state index is -0.244. The smallest absolute Gasteiger partial charge is 0.268 e. The first-order chi connectivity index (χ1) is 8.15. The van der Waals surface area contributed by atoms with Gasteiger partial charge in [-0.3, -0.25) is 4.79 Å². The minimum absolute atomic E-state index is 0.215. The lowest BCUT2D eigenvalue weighted by Crippen LogP contribution is -2.22. The Labute approximate surface area is 99.6 Å². The predicted molar refractivity (Wildman–Crippen MR) is 66.6 cm³/mol. The summed E-state index contributed by atoms with van der Waals surface area (Å²) in [5.74, 6) is 0. The van der Waals surface area contributed by atoms with Gasteiger partial charge >= 0.3 is 0 Å². The van der Waals surface area contributed by atoms with Gasteiger partial charge in [0.05, 0.1) is 5.69 Å². The maximum atomic E-state index is 12.0. The number of rotatable bonds is 1. The van der Waals surface area contributed by atoms with Crippen molar-refractivity contribution in [2.45, 2.75) is 6.92 Å². The van der Waals surface area contributed by atoms with E-state index in [9.17, 15) is 4.79 Å². The van der Waals surface area contributed by atoms with Gasteiger partial charge in [-0.15, -0.1) is 0 Å². The van der Waals surface area contributed by atoms with Gasteiger partial charge in [-0.1, -0.05) is 30.3 Å². The standard InChI is InChI=1S/C14H12N2O/c1-10-8-13(11-6-4-3-5-7-11)16(2)14(17)12(10)9-15/h3-8H,1-2H3. The molecule has 0 N–H and O–H groups in total. The van der Waals surface area contributed by atoms with Gasteiger partial charge in [0.25, 0.3) is 5.56 Å². The second-order valence-electron chi connectivity index (χ2n) is 3.93. The minimum Gasteiger partial charge on any atom is -0.310 e. The molecule has 1 heterocycles. The van der Waals surface area contributed by atoms with E-state index >= 15 is 0 Å². The monoisotopic (exact) mass is 224 g/mol. The van der Waals surface area contributed by atoms with Crippen LogP contribution in [0, 0.1) is 18.3 Å². The number of aryl methyl sites for hydroxylation is 1. The van der Waals surface area contributed by atoms with Crippen LogP contribution >= 0.6 is 0 Å². The number of pyridine rings is 1. The fraction of sp³-hybridized carbons (Fsp3) is 0.143. The van der Waals surface area contributed by atoms with Crippen LogP contribution in [0.5, 0.6) is 0 Å². The molecule has 0 atom stereocenters. The van der Waals surface area contributed by atoms with Crippen LogP contribution in [0.15, 0.2) is 41.2 Å². The molecule has 0 aliphatic heterocycles. The van der Waals surface area contributed by atoms with Crippen molar-refractivity contribution in [1.82, 2.24) is 4.57 Å². The first-order valence-corrected chi connectivity index (χ1v) is 5.31. The van der Waals surface area contributed by atoms with Crippen molar-refractivity contribution in [1.29, 1.82) is 5.26 Å². The van der Waals surface area contributed by atoms with Crippen molar-refractivity contribution in [3.63, 3.8) is 0 Å². The van der Waals surface area contributed by atoms with Crippen molar-refractivity contribution in [3.05, 3.63) is 57.9 Å². The Hall–Kier alpha value is -2.34. The number of aromatic nitrogens is 1. The van der Waals surface area contributed by atoms with E-state index in [0.29, 0.717) is 0 Å². The summed E-state index contributed by atoms with van der Waals surface area (Å²) in [5, 5.41) is 8.92. The largest absolute Gasteiger partial charge is 0.310 e. The highest BCUT2D eigenvalue weighted by molar-refractivity contribution is 5.61. The molecule has 3 nitrogen and oxygen atoms in total. The Morgan fingerprint density at radius 3 is 2.47 bits per heavy atom. The Kier molecular flexibility index (Phi) is 2.80. The highest BCUT2D eigenvalue weighted by Gasteiger charge is 2.10. The summed E-state index contributed by atoms with van der Waals surface area (Å²) in [6.45, 7) is 1.78. The number of hydrogen-bond donors (Lipinski definition) is 0. The first-order valence-electron chi connectivity index (χ1n) is 5.31. The molecule has 0 amide bonds. The molecule has 0 fully saturated rings. The normalized spacial score (nSPS) is 9.94. The molecule has 84 valence electrons. The van der Waals surface area contributed by atoms with Crippen molar-refractivity contribution in [3.8, 4) is 17.3 Å². The second-order valence-corrected chi connectivity index (χ2v) is 3.93. The summed E-state index contributed by atoms with van der Waals surface area (Å²) in [5.41, 5.74) is 2.49. The van der Waals surface area contributed by atoms with Gasteiger partial charge in [0.1, 0.15) is 11.6 Å². The molecule has 2 rings (SSSR count). The van der Waals surface area contributed by atoms with E-state index < -0.39 is 0 Å². The molecule has 0 bridgehead atoms. The Balaban J connectivity index is 2.75. The van der Waals surface area contributed by atoms with E-state index in [0.717, 1.165) is 16.8 Å². The molecule has 1 aromatic carbocycles. The van der Waals surface area contributed by atoms with Crippen LogP contribution in [0.25, 0.3) is 11.3 Å². The molecular weight excluding hydrogens is 212 g/mol. The van der Waals surface area contributed by atoms with Gasteiger partial charge < -0.3 is 4.57 Å². The number of benzene rings is 1. The molecule has 0 saturated carbocycles. The molecule has 1 aromatic heterocycles. The van der Waals surface area contributed by atoms with E-state index in [1.807, 2.05) is 42.5 Å². The van der Waals surface area contributed by atoms with Gasteiger partial charge in [-0.25, -0.2) is 0 Å². The zero-order valence-electron chi connectivity index (χ0n) is 9.77. The topological polar surface area (TPSA) is 45.8 Å². The lowest BCUT2D eigenvalue weighted by Gasteiger charge is -2.10. The zero-order valence-corrected chi connectivity index (χ0v) is 9.77. The molecule has 0 aliphatic rings. The summed E-state index contributed by atoms with van der Waals surface area (Å²) in [6, 6.07) is 13.5. The molecule has 2 aromatic rings. The molecular formula is C14H12N2O. The summed E-state index contributed by atoms with van der Waals surface area (Å²) in [7, 11) is 1.69. The lowest BCUT2D eigenvalue weighted by molar-refractivity contribution is 0.861. The van der Waals surface area contributed by atoms with Crippen molar-refractivity contribution >= 4 is 0 Å². The molecule has 0 saturated heterocycles. The fourth-order valence-corrected chi connectivity index (χ4v) is 1.84. The van der Waals surface area contributed by atoms with Crippen molar-refractivity contribution in [2.75, 3.05) is 0 Å². The molecule has 3 heteroatoms. The van der Waals surface area contributed by atoms with E-state index in [4.69, 9.17) is 5.26 Å². The van der Waals surface area contributed by atoms with Crippen LogP contribution in [0.3, 0.4) is 0 Å². The van der Waals surface area contributed by atoms with Crippen LogP contribution in [0.2, 0.25) is 0 Å². The van der Waals surface area contributed by atoms with Crippen molar-refractivity contribution in [2.24, 2.45) is 7.05 Å². The summed E-state index contributed by atoms with van der Waals surface area (Å²) in [4.78, 5) is 12.0. The van der Waals surface area contributed by atoms with E-state index in [2.05, 4.69) is 0 Å². The second kappa shape index (κ2) is 4.26. The van der Waals surface area contributed by atoms with Gasteiger partial charge in [-0.05, 0) is 24.1 Å². The Bertz CT molecular complexity index is 648. The van der Waals surface area contributed by atoms with E-state index in [-0.39, 0.29) is 11.1 Å². The average Bonchev–Trinajstić information content (AvgIpc) is 2.35. The maximum Gasteiger partial charge on any atom is 0.268 e. The SMILES string of the molecule is Cc1cc(-c2ccccc2)n(C)c(=O)c1C#N. The van der Waals surface area contributed by atoms with Gasteiger partial charge in [0, 0.05) is 7.05 Å². The average molecular weight is 224 g/mol. The van der Waals surface area contributed by atoms with Crippen molar-refractivity contribution < 1.29 is 0 Å². The van der Waals surface area contributed by atoms with Crippen LogP contribution in [-0.4, -0.2) is 4.57 Å². The molecule has 0 unspecified atom stereocenters. The Morgan fingerprint density at radius 1 is 1.24 bits per heavy atom. The van der Waals surface area contributed by atoms with Crippen LogP contribution in [0.4, 0.5) is 0 Å².